The SMILES string of the molecule is COc1ccc(-c2[nH]ncc2CN2CCC[C@H](OCc3cccnc3)C2)c(OC)c1. The molecule has 2 aromatic heterocycles. The fourth-order valence-corrected chi connectivity index (χ4v) is 3.90. The number of hydrogen-bond donors (Lipinski definition) is 1. The van der Waals surface area contributed by atoms with Crippen molar-refractivity contribution < 1.29 is 14.2 Å². The van der Waals surface area contributed by atoms with E-state index in [0.717, 1.165) is 66.4 Å². The minimum Gasteiger partial charge on any atom is -0.497 e. The maximum absolute atomic E-state index is 6.16. The van der Waals surface area contributed by atoms with E-state index in [2.05, 4.69) is 20.1 Å². The van der Waals surface area contributed by atoms with E-state index in [1.54, 1.807) is 20.4 Å². The van der Waals surface area contributed by atoms with Crippen LogP contribution in [0.4, 0.5) is 0 Å². The first-order chi connectivity index (χ1) is 14.8. The summed E-state index contributed by atoms with van der Waals surface area (Å²) in [5.41, 5.74) is 4.21. The first-order valence-corrected chi connectivity index (χ1v) is 10.2. The van der Waals surface area contributed by atoms with Crippen LogP contribution in [0.5, 0.6) is 11.5 Å². The Morgan fingerprint density at radius 1 is 1.17 bits per heavy atom. The van der Waals surface area contributed by atoms with Crippen molar-refractivity contribution >= 4 is 0 Å². The van der Waals surface area contributed by atoms with Gasteiger partial charge in [0.05, 0.1) is 38.8 Å². The van der Waals surface area contributed by atoms with Gasteiger partial charge >= 0.3 is 0 Å². The van der Waals surface area contributed by atoms with Crippen molar-refractivity contribution in [2.75, 3.05) is 27.3 Å². The number of H-pyrrole nitrogens is 1. The molecule has 1 fully saturated rings. The number of pyridine rings is 1. The lowest BCUT2D eigenvalue weighted by atomic mass is 10.0. The van der Waals surface area contributed by atoms with E-state index in [-0.39, 0.29) is 6.10 Å². The Balaban J connectivity index is 1.42. The van der Waals surface area contributed by atoms with Gasteiger partial charge in [-0.25, -0.2) is 0 Å². The fraction of sp³-hybridized carbons (Fsp3) is 0.391. The first-order valence-electron chi connectivity index (χ1n) is 10.2. The molecule has 0 amide bonds. The summed E-state index contributed by atoms with van der Waals surface area (Å²) >= 11 is 0. The molecule has 1 aliphatic heterocycles. The summed E-state index contributed by atoms with van der Waals surface area (Å²) in [6.45, 7) is 3.38. The third-order valence-corrected chi connectivity index (χ3v) is 5.46. The van der Waals surface area contributed by atoms with Gasteiger partial charge < -0.3 is 14.2 Å². The number of rotatable bonds is 8. The van der Waals surface area contributed by atoms with E-state index in [1.165, 1.54) is 0 Å². The minimum atomic E-state index is 0.227. The maximum atomic E-state index is 6.16. The van der Waals surface area contributed by atoms with Gasteiger partial charge in [-0.05, 0) is 43.1 Å². The van der Waals surface area contributed by atoms with Crippen molar-refractivity contribution in [1.82, 2.24) is 20.1 Å². The highest BCUT2D eigenvalue weighted by molar-refractivity contribution is 5.71. The zero-order chi connectivity index (χ0) is 20.8. The number of likely N-dealkylation sites (tertiary alicyclic amines) is 1. The number of benzene rings is 1. The molecule has 0 bridgehead atoms. The highest BCUT2D eigenvalue weighted by Gasteiger charge is 2.23. The summed E-state index contributed by atoms with van der Waals surface area (Å²) in [5.74, 6) is 1.53. The average molecular weight is 409 g/mol. The van der Waals surface area contributed by atoms with Crippen molar-refractivity contribution in [1.29, 1.82) is 0 Å². The molecular formula is C23H28N4O3. The van der Waals surface area contributed by atoms with E-state index < -0.39 is 0 Å². The Morgan fingerprint density at radius 3 is 2.90 bits per heavy atom. The second kappa shape index (κ2) is 9.73. The van der Waals surface area contributed by atoms with Crippen LogP contribution in [0.25, 0.3) is 11.3 Å². The number of nitrogens with zero attached hydrogens (tertiary/aromatic N) is 3. The Bertz CT molecular complexity index is 945. The molecule has 3 aromatic rings. The number of nitrogens with one attached hydrogen (secondary N) is 1. The molecule has 0 unspecified atom stereocenters. The zero-order valence-corrected chi connectivity index (χ0v) is 17.5. The van der Waals surface area contributed by atoms with E-state index in [0.29, 0.717) is 6.61 Å². The van der Waals surface area contributed by atoms with Crippen LogP contribution in [0.15, 0.2) is 48.9 Å². The summed E-state index contributed by atoms with van der Waals surface area (Å²) in [4.78, 5) is 6.59. The topological polar surface area (TPSA) is 72.5 Å². The summed E-state index contributed by atoms with van der Waals surface area (Å²) in [7, 11) is 3.32. The predicted molar refractivity (Wildman–Crippen MR) is 114 cm³/mol. The van der Waals surface area contributed by atoms with Gasteiger partial charge in [-0.1, -0.05) is 6.07 Å². The molecule has 4 rings (SSSR count). The molecule has 1 saturated heterocycles. The average Bonchev–Trinajstić information content (AvgIpc) is 3.26. The van der Waals surface area contributed by atoms with Crippen molar-refractivity contribution in [3.63, 3.8) is 0 Å². The predicted octanol–water partition coefficient (Wildman–Crippen LogP) is 3.67. The zero-order valence-electron chi connectivity index (χ0n) is 17.5. The van der Waals surface area contributed by atoms with E-state index in [9.17, 15) is 0 Å². The van der Waals surface area contributed by atoms with Gasteiger partial charge in [0.15, 0.2) is 0 Å². The van der Waals surface area contributed by atoms with Crippen molar-refractivity contribution in [2.45, 2.75) is 32.1 Å². The number of aromatic nitrogens is 3. The molecule has 1 aliphatic rings. The molecule has 0 saturated carbocycles. The van der Waals surface area contributed by atoms with Crippen molar-refractivity contribution in [3.05, 3.63) is 60.0 Å². The van der Waals surface area contributed by atoms with E-state index in [1.807, 2.05) is 42.7 Å². The van der Waals surface area contributed by atoms with E-state index >= 15 is 0 Å². The summed E-state index contributed by atoms with van der Waals surface area (Å²) in [6, 6.07) is 9.83. The highest BCUT2D eigenvalue weighted by atomic mass is 16.5. The molecule has 1 atom stereocenters. The van der Waals surface area contributed by atoms with Crippen LogP contribution in [0, 0.1) is 0 Å². The van der Waals surface area contributed by atoms with Crippen molar-refractivity contribution in [3.8, 4) is 22.8 Å². The van der Waals surface area contributed by atoms with Crippen LogP contribution in [-0.2, 0) is 17.9 Å². The lowest BCUT2D eigenvalue weighted by Crippen LogP contribution is -2.39. The Kier molecular flexibility index (Phi) is 6.61. The summed E-state index contributed by atoms with van der Waals surface area (Å²) in [5, 5.41) is 7.45. The van der Waals surface area contributed by atoms with Gasteiger partial charge in [-0.2, -0.15) is 5.10 Å². The molecule has 0 spiro atoms. The maximum Gasteiger partial charge on any atom is 0.131 e. The molecular weight excluding hydrogens is 380 g/mol. The lowest BCUT2D eigenvalue weighted by molar-refractivity contribution is -0.0121. The van der Waals surface area contributed by atoms with Gasteiger partial charge in [0.1, 0.15) is 11.5 Å². The minimum absolute atomic E-state index is 0.227. The standard InChI is InChI=1S/C23H28N4O3/c1-28-19-7-8-21(22(11-19)29-2)23-18(13-25-26-23)14-27-10-4-6-20(15-27)30-16-17-5-3-9-24-12-17/h3,5,7-9,11-13,20H,4,6,10,14-16H2,1-2H3,(H,25,26)/t20-/m0/s1. The summed E-state index contributed by atoms with van der Waals surface area (Å²) in [6.07, 6.45) is 7.98. The molecule has 1 N–H and O–H groups in total. The summed E-state index contributed by atoms with van der Waals surface area (Å²) < 4.78 is 17.1. The molecule has 158 valence electrons. The Hall–Kier alpha value is -2.90. The first kappa shape index (κ1) is 20.4. The smallest absolute Gasteiger partial charge is 0.131 e. The van der Waals surface area contributed by atoms with Gasteiger partial charge in [0.2, 0.25) is 0 Å². The van der Waals surface area contributed by atoms with Gasteiger partial charge in [-0.15, -0.1) is 0 Å². The normalized spacial score (nSPS) is 17.1. The largest absolute Gasteiger partial charge is 0.497 e. The highest BCUT2D eigenvalue weighted by Crippen LogP contribution is 2.34. The van der Waals surface area contributed by atoms with Crippen LogP contribution in [0.3, 0.4) is 0 Å². The van der Waals surface area contributed by atoms with Crippen LogP contribution in [0.1, 0.15) is 24.0 Å². The Labute approximate surface area is 177 Å². The van der Waals surface area contributed by atoms with Crippen LogP contribution < -0.4 is 9.47 Å². The van der Waals surface area contributed by atoms with Crippen LogP contribution in [-0.4, -0.2) is 53.5 Å². The fourth-order valence-electron chi connectivity index (χ4n) is 3.90. The molecule has 0 radical (unpaired) electrons. The second-order valence-electron chi connectivity index (χ2n) is 7.51. The number of piperidine rings is 1. The third-order valence-electron chi connectivity index (χ3n) is 5.46. The lowest BCUT2D eigenvalue weighted by Gasteiger charge is -2.32. The molecule has 7 nitrogen and oxygen atoms in total. The second-order valence-corrected chi connectivity index (χ2v) is 7.51. The molecule has 30 heavy (non-hydrogen) atoms. The van der Waals surface area contributed by atoms with Crippen LogP contribution >= 0.6 is 0 Å². The monoisotopic (exact) mass is 408 g/mol. The Morgan fingerprint density at radius 2 is 2.10 bits per heavy atom. The molecule has 0 aliphatic carbocycles. The van der Waals surface area contributed by atoms with Crippen molar-refractivity contribution in [2.24, 2.45) is 0 Å². The van der Waals surface area contributed by atoms with Gasteiger partial charge in [-0.3, -0.25) is 15.0 Å². The molecule has 3 heterocycles. The molecule has 1 aromatic carbocycles. The third kappa shape index (κ3) is 4.80. The molecule has 7 heteroatoms. The quantitative estimate of drug-likeness (QED) is 0.613. The number of methoxy groups -OCH3 is 2. The van der Waals surface area contributed by atoms with Gasteiger partial charge in [0.25, 0.3) is 0 Å². The van der Waals surface area contributed by atoms with E-state index in [4.69, 9.17) is 14.2 Å². The van der Waals surface area contributed by atoms with Gasteiger partial charge in [0, 0.05) is 42.7 Å². The van der Waals surface area contributed by atoms with Crippen LogP contribution in [0.2, 0.25) is 0 Å². The number of hydrogen-bond acceptors (Lipinski definition) is 6. The number of aromatic amines is 1. The number of ether oxygens (including phenoxy) is 3.